The van der Waals surface area contributed by atoms with Crippen LogP contribution >= 0.6 is 0 Å². The number of rotatable bonds is 2. The van der Waals surface area contributed by atoms with Crippen LogP contribution in [0.25, 0.3) is 0 Å². The molecule has 3 nitrogen and oxygen atoms in total. The molecule has 6 heteroatoms. The van der Waals surface area contributed by atoms with E-state index in [0.717, 1.165) is 12.5 Å². The zero-order chi connectivity index (χ0) is 15.1. The second kappa shape index (κ2) is 5.09. The molecule has 1 fully saturated rings. The minimum atomic E-state index is -4.42. The minimum Gasteiger partial charge on any atom is -0.490 e. The highest BCUT2D eigenvalue weighted by molar-refractivity contribution is 5.52. The van der Waals surface area contributed by atoms with Gasteiger partial charge in [-0.3, -0.25) is 0 Å². The van der Waals surface area contributed by atoms with Crippen molar-refractivity contribution < 1.29 is 22.6 Å². The van der Waals surface area contributed by atoms with Crippen molar-refractivity contribution in [3.63, 3.8) is 0 Å². The Kier molecular flexibility index (Phi) is 3.51. The van der Waals surface area contributed by atoms with Crippen LogP contribution in [0.2, 0.25) is 0 Å². The average Bonchev–Trinajstić information content (AvgIpc) is 2.60. The molecule has 0 saturated heterocycles. The van der Waals surface area contributed by atoms with Crippen LogP contribution in [0.4, 0.5) is 13.2 Å². The summed E-state index contributed by atoms with van der Waals surface area (Å²) in [7, 11) is 0. The van der Waals surface area contributed by atoms with E-state index in [9.17, 15) is 13.2 Å². The highest BCUT2D eigenvalue weighted by Gasteiger charge is 2.45. The first-order valence-corrected chi connectivity index (χ1v) is 7.18. The molecule has 0 bridgehead atoms. The maximum atomic E-state index is 13.4. The summed E-state index contributed by atoms with van der Waals surface area (Å²) in [4.78, 5) is 0. The van der Waals surface area contributed by atoms with Gasteiger partial charge in [-0.25, -0.2) is 0 Å². The third-order valence-electron chi connectivity index (χ3n) is 4.47. The molecular weight excluding hydrogens is 283 g/mol. The van der Waals surface area contributed by atoms with Crippen LogP contribution in [-0.2, 0) is 11.6 Å². The van der Waals surface area contributed by atoms with Crippen molar-refractivity contribution in [1.82, 2.24) is 0 Å². The van der Waals surface area contributed by atoms with E-state index in [0.29, 0.717) is 38.2 Å². The van der Waals surface area contributed by atoms with E-state index < -0.39 is 17.2 Å². The van der Waals surface area contributed by atoms with Crippen molar-refractivity contribution in [1.29, 1.82) is 0 Å². The summed E-state index contributed by atoms with van der Waals surface area (Å²) in [6, 6.07) is 2.57. The van der Waals surface area contributed by atoms with Crippen molar-refractivity contribution in [2.45, 2.75) is 37.3 Å². The van der Waals surface area contributed by atoms with Gasteiger partial charge in [-0.1, -0.05) is 6.42 Å². The largest absolute Gasteiger partial charge is 0.490 e. The van der Waals surface area contributed by atoms with Crippen LogP contribution in [0.1, 0.15) is 36.8 Å². The molecule has 0 atom stereocenters. The zero-order valence-corrected chi connectivity index (χ0v) is 11.6. The molecule has 0 spiro atoms. The van der Waals surface area contributed by atoms with Crippen LogP contribution in [-0.4, -0.2) is 19.8 Å². The number of alkyl halides is 3. The Hall–Kier alpha value is -1.43. The van der Waals surface area contributed by atoms with Crippen molar-refractivity contribution in [2.24, 2.45) is 5.73 Å². The first-order chi connectivity index (χ1) is 9.96. The van der Waals surface area contributed by atoms with Crippen LogP contribution < -0.4 is 15.2 Å². The summed E-state index contributed by atoms with van der Waals surface area (Å²) < 4.78 is 51.1. The Labute approximate surface area is 121 Å². The Bertz CT molecular complexity index is 533. The first-order valence-electron chi connectivity index (χ1n) is 7.18. The number of halogens is 3. The van der Waals surface area contributed by atoms with Gasteiger partial charge in [0.15, 0.2) is 11.5 Å². The molecule has 0 amide bonds. The number of nitrogens with two attached hydrogens (primary N) is 1. The summed E-state index contributed by atoms with van der Waals surface area (Å²) in [5.41, 5.74) is 4.82. The van der Waals surface area contributed by atoms with E-state index in [1.54, 1.807) is 0 Å². The average molecular weight is 301 g/mol. The summed E-state index contributed by atoms with van der Waals surface area (Å²) in [5.74, 6) is 0.574. The van der Waals surface area contributed by atoms with Gasteiger partial charge in [0.25, 0.3) is 0 Å². The Morgan fingerprint density at radius 1 is 1.05 bits per heavy atom. The van der Waals surface area contributed by atoms with E-state index >= 15 is 0 Å². The fourth-order valence-corrected chi connectivity index (χ4v) is 3.07. The molecule has 1 saturated carbocycles. The number of benzene rings is 1. The van der Waals surface area contributed by atoms with Gasteiger partial charge in [-0.2, -0.15) is 13.2 Å². The molecule has 0 unspecified atom stereocenters. The topological polar surface area (TPSA) is 44.5 Å². The smallest absolute Gasteiger partial charge is 0.416 e. The molecule has 2 N–H and O–H groups in total. The monoisotopic (exact) mass is 301 g/mol. The highest BCUT2D eigenvalue weighted by atomic mass is 19.4. The number of fused-ring (bicyclic) bond motifs is 1. The Morgan fingerprint density at radius 2 is 1.67 bits per heavy atom. The molecule has 1 aliphatic carbocycles. The lowest BCUT2D eigenvalue weighted by Gasteiger charge is -2.43. The molecule has 1 aromatic carbocycles. The van der Waals surface area contributed by atoms with Crippen LogP contribution in [0, 0.1) is 0 Å². The van der Waals surface area contributed by atoms with Gasteiger partial charge < -0.3 is 15.2 Å². The van der Waals surface area contributed by atoms with Crippen molar-refractivity contribution in [2.75, 3.05) is 19.8 Å². The molecule has 116 valence electrons. The normalized spacial score (nSPS) is 20.6. The van der Waals surface area contributed by atoms with Crippen LogP contribution in [0.5, 0.6) is 11.5 Å². The van der Waals surface area contributed by atoms with Gasteiger partial charge >= 0.3 is 6.18 Å². The van der Waals surface area contributed by atoms with E-state index in [2.05, 4.69) is 0 Å². The maximum absolute atomic E-state index is 13.4. The molecule has 2 aliphatic rings. The standard InChI is InChI=1S/C15H18F3NO2/c16-15(17,18)11-8-13-12(20-5-2-6-21-13)7-10(11)14(9-19)3-1-4-14/h7-8H,1-6,9,19H2. The summed E-state index contributed by atoms with van der Waals surface area (Å²) in [6.45, 7) is 1.04. The number of hydrogen-bond donors (Lipinski definition) is 1. The SMILES string of the molecule is NCC1(c2cc3c(cc2C(F)(F)F)OCCCO3)CCC1. The molecule has 0 radical (unpaired) electrons. The van der Waals surface area contributed by atoms with Gasteiger partial charge in [0.05, 0.1) is 18.8 Å². The maximum Gasteiger partial charge on any atom is 0.416 e. The number of hydrogen-bond acceptors (Lipinski definition) is 3. The summed E-state index contributed by atoms with van der Waals surface area (Å²) in [5, 5.41) is 0. The third kappa shape index (κ3) is 2.46. The Morgan fingerprint density at radius 3 is 2.14 bits per heavy atom. The highest BCUT2D eigenvalue weighted by Crippen LogP contribution is 2.50. The van der Waals surface area contributed by atoms with Gasteiger partial charge in [-0.05, 0) is 30.5 Å². The van der Waals surface area contributed by atoms with Gasteiger partial charge in [0.2, 0.25) is 0 Å². The molecule has 0 aromatic heterocycles. The van der Waals surface area contributed by atoms with Crippen molar-refractivity contribution in [3.05, 3.63) is 23.3 Å². The summed E-state index contributed by atoms with van der Waals surface area (Å²) in [6.07, 6.45) is -1.48. The summed E-state index contributed by atoms with van der Waals surface area (Å²) >= 11 is 0. The van der Waals surface area contributed by atoms with Crippen LogP contribution in [0.3, 0.4) is 0 Å². The van der Waals surface area contributed by atoms with E-state index in [4.69, 9.17) is 15.2 Å². The van der Waals surface area contributed by atoms with Crippen LogP contribution in [0.15, 0.2) is 12.1 Å². The van der Waals surface area contributed by atoms with Gasteiger partial charge in [0, 0.05) is 18.4 Å². The molecule has 1 heterocycles. The molecule has 3 rings (SSSR count). The zero-order valence-electron chi connectivity index (χ0n) is 11.6. The third-order valence-corrected chi connectivity index (χ3v) is 4.47. The lowest BCUT2D eigenvalue weighted by molar-refractivity contribution is -0.139. The predicted octanol–water partition coefficient (Wildman–Crippen LogP) is 3.25. The molecule has 21 heavy (non-hydrogen) atoms. The van der Waals surface area contributed by atoms with E-state index in [-0.39, 0.29) is 17.9 Å². The first kappa shape index (κ1) is 14.5. The van der Waals surface area contributed by atoms with E-state index in [1.807, 2.05) is 0 Å². The molecule has 1 aliphatic heterocycles. The lowest BCUT2D eigenvalue weighted by Crippen LogP contribution is -2.43. The fourth-order valence-electron chi connectivity index (χ4n) is 3.07. The van der Waals surface area contributed by atoms with Crippen molar-refractivity contribution >= 4 is 0 Å². The van der Waals surface area contributed by atoms with E-state index in [1.165, 1.54) is 6.07 Å². The predicted molar refractivity (Wildman–Crippen MR) is 71.6 cm³/mol. The molecular formula is C15H18F3NO2. The Balaban J connectivity index is 2.14. The van der Waals surface area contributed by atoms with Gasteiger partial charge in [-0.15, -0.1) is 0 Å². The minimum absolute atomic E-state index is 0.176. The second-order valence-electron chi connectivity index (χ2n) is 5.73. The van der Waals surface area contributed by atoms with Crippen molar-refractivity contribution in [3.8, 4) is 11.5 Å². The van der Waals surface area contributed by atoms with Gasteiger partial charge in [0.1, 0.15) is 0 Å². The quantitative estimate of drug-likeness (QED) is 0.912. The second-order valence-corrected chi connectivity index (χ2v) is 5.73. The fraction of sp³-hybridized carbons (Fsp3) is 0.600. The molecule has 1 aromatic rings. The number of ether oxygens (including phenoxy) is 2. The lowest BCUT2D eigenvalue weighted by atomic mass is 9.63.